The number of amides is 2. The van der Waals surface area contributed by atoms with Gasteiger partial charge in [0.1, 0.15) is 11.5 Å². The first kappa shape index (κ1) is 21.9. The SMILES string of the molecule is CCCOc1ccc(C2=C(SCCO)C(=O)N(Cc3ccccc3OC)C2=O)cc1. The minimum atomic E-state index is -0.356. The topological polar surface area (TPSA) is 76.1 Å². The molecule has 1 aliphatic rings. The number of thioether (sulfide) groups is 1. The highest BCUT2D eigenvalue weighted by Gasteiger charge is 2.39. The highest BCUT2D eigenvalue weighted by Crippen LogP contribution is 2.37. The molecule has 0 bridgehead atoms. The lowest BCUT2D eigenvalue weighted by molar-refractivity contribution is -0.137. The fraction of sp³-hybridized carbons (Fsp3) is 0.304. The van der Waals surface area contributed by atoms with Gasteiger partial charge in [-0.1, -0.05) is 37.3 Å². The fourth-order valence-corrected chi connectivity index (χ4v) is 4.05. The van der Waals surface area contributed by atoms with Crippen LogP contribution < -0.4 is 9.47 Å². The van der Waals surface area contributed by atoms with Crippen LogP contribution in [0, 0.1) is 0 Å². The van der Waals surface area contributed by atoms with Crippen LogP contribution in [-0.4, -0.2) is 47.9 Å². The molecule has 0 fully saturated rings. The standard InChI is InChI=1S/C23H25NO5S/c1-3-13-29-18-10-8-16(9-11-18)20-21(30-14-12-25)23(27)24(22(20)26)15-17-6-4-5-7-19(17)28-2/h4-11,25H,3,12-15H2,1-2H3. The number of ether oxygens (including phenoxy) is 2. The van der Waals surface area contributed by atoms with Gasteiger partial charge in [-0.15, -0.1) is 11.8 Å². The van der Waals surface area contributed by atoms with Crippen molar-refractivity contribution in [1.29, 1.82) is 0 Å². The summed E-state index contributed by atoms with van der Waals surface area (Å²) < 4.78 is 11.0. The smallest absolute Gasteiger partial charge is 0.268 e. The number of hydrogen-bond donors (Lipinski definition) is 1. The molecule has 0 saturated carbocycles. The number of aliphatic hydroxyl groups is 1. The molecule has 2 aromatic carbocycles. The van der Waals surface area contributed by atoms with E-state index in [0.29, 0.717) is 39.9 Å². The summed E-state index contributed by atoms with van der Waals surface area (Å²) in [5, 5.41) is 9.24. The third-order valence-corrected chi connectivity index (χ3v) is 5.65. The zero-order valence-corrected chi connectivity index (χ0v) is 17.9. The molecule has 7 heteroatoms. The van der Waals surface area contributed by atoms with E-state index in [9.17, 15) is 14.7 Å². The van der Waals surface area contributed by atoms with E-state index in [0.717, 1.165) is 12.0 Å². The molecule has 0 aromatic heterocycles. The molecule has 6 nitrogen and oxygen atoms in total. The molecule has 0 radical (unpaired) electrons. The average molecular weight is 428 g/mol. The van der Waals surface area contributed by atoms with Crippen molar-refractivity contribution in [2.75, 3.05) is 26.1 Å². The van der Waals surface area contributed by atoms with Gasteiger partial charge < -0.3 is 14.6 Å². The van der Waals surface area contributed by atoms with Crippen LogP contribution in [0.1, 0.15) is 24.5 Å². The van der Waals surface area contributed by atoms with E-state index < -0.39 is 0 Å². The quantitative estimate of drug-likeness (QED) is 0.585. The Morgan fingerprint density at radius 3 is 2.43 bits per heavy atom. The summed E-state index contributed by atoms with van der Waals surface area (Å²) >= 11 is 1.20. The number of aliphatic hydroxyl groups excluding tert-OH is 1. The maximum Gasteiger partial charge on any atom is 0.268 e. The summed E-state index contributed by atoms with van der Waals surface area (Å²) in [5.41, 5.74) is 1.76. The Balaban J connectivity index is 1.91. The van der Waals surface area contributed by atoms with Crippen molar-refractivity contribution >= 4 is 29.1 Å². The molecule has 0 unspecified atom stereocenters. The average Bonchev–Trinajstić information content (AvgIpc) is 3.01. The number of hydrogen-bond acceptors (Lipinski definition) is 6. The largest absolute Gasteiger partial charge is 0.496 e. The van der Waals surface area contributed by atoms with Gasteiger partial charge >= 0.3 is 0 Å². The van der Waals surface area contributed by atoms with Gasteiger partial charge in [0.2, 0.25) is 0 Å². The van der Waals surface area contributed by atoms with E-state index >= 15 is 0 Å². The van der Waals surface area contributed by atoms with Gasteiger partial charge in [-0.05, 0) is 30.2 Å². The lowest BCUT2D eigenvalue weighted by Crippen LogP contribution is -2.31. The fourth-order valence-electron chi connectivity index (χ4n) is 3.18. The molecule has 1 aliphatic heterocycles. The number of rotatable bonds is 10. The van der Waals surface area contributed by atoms with Crippen molar-refractivity contribution in [2.45, 2.75) is 19.9 Å². The molecule has 0 spiro atoms. The Hall–Kier alpha value is -2.77. The zero-order valence-electron chi connectivity index (χ0n) is 17.1. The lowest BCUT2D eigenvalue weighted by atomic mass is 10.1. The molecule has 2 aromatic rings. The van der Waals surface area contributed by atoms with E-state index in [-0.39, 0.29) is 25.0 Å². The molecule has 3 rings (SSSR count). The van der Waals surface area contributed by atoms with Crippen molar-refractivity contribution in [3.05, 3.63) is 64.6 Å². The van der Waals surface area contributed by atoms with Gasteiger partial charge in [-0.25, -0.2) is 0 Å². The van der Waals surface area contributed by atoms with Crippen LogP contribution in [0.2, 0.25) is 0 Å². The summed E-state index contributed by atoms with van der Waals surface area (Å²) in [6.07, 6.45) is 0.903. The Bertz CT molecular complexity index is 939. The number of carbonyl (C=O) groups is 2. The van der Waals surface area contributed by atoms with E-state index in [1.54, 1.807) is 37.4 Å². The summed E-state index contributed by atoms with van der Waals surface area (Å²) in [6.45, 7) is 2.68. The second-order valence-electron chi connectivity index (χ2n) is 6.66. The van der Waals surface area contributed by atoms with Crippen LogP contribution in [0.15, 0.2) is 53.4 Å². The lowest BCUT2D eigenvalue weighted by Gasteiger charge is -2.17. The molecular weight excluding hydrogens is 402 g/mol. The molecule has 2 amide bonds. The van der Waals surface area contributed by atoms with Crippen LogP contribution in [-0.2, 0) is 16.1 Å². The molecule has 30 heavy (non-hydrogen) atoms. The summed E-state index contributed by atoms with van der Waals surface area (Å²) in [5.74, 6) is 0.957. The van der Waals surface area contributed by atoms with Crippen LogP contribution in [0.3, 0.4) is 0 Å². The molecule has 0 atom stereocenters. The number of methoxy groups -OCH3 is 1. The highest BCUT2D eigenvalue weighted by atomic mass is 32.2. The van der Waals surface area contributed by atoms with Crippen molar-refractivity contribution in [3.63, 3.8) is 0 Å². The summed E-state index contributed by atoms with van der Waals surface area (Å²) in [4.78, 5) is 27.9. The Labute approximate surface area is 180 Å². The predicted octanol–water partition coefficient (Wildman–Crippen LogP) is 3.49. The zero-order chi connectivity index (χ0) is 21.5. The van der Waals surface area contributed by atoms with Crippen molar-refractivity contribution < 1.29 is 24.2 Å². The van der Waals surface area contributed by atoms with Gasteiger partial charge in [-0.3, -0.25) is 14.5 Å². The molecular formula is C23H25NO5S. The van der Waals surface area contributed by atoms with E-state index in [2.05, 4.69) is 0 Å². The van der Waals surface area contributed by atoms with Gasteiger partial charge in [0.15, 0.2) is 0 Å². The number of nitrogens with zero attached hydrogens (tertiary/aromatic N) is 1. The minimum Gasteiger partial charge on any atom is -0.496 e. The van der Waals surface area contributed by atoms with Crippen molar-refractivity contribution in [1.82, 2.24) is 4.90 Å². The molecule has 0 saturated heterocycles. The first-order valence-electron chi connectivity index (χ1n) is 9.80. The van der Waals surface area contributed by atoms with Gasteiger partial charge in [0.05, 0.1) is 37.3 Å². The Morgan fingerprint density at radius 2 is 1.77 bits per heavy atom. The number of imide groups is 1. The molecule has 1 heterocycles. The maximum absolute atomic E-state index is 13.3. The number of carbonyl (C=O) groups excluding carboxylic acids is 2. The Morgan fingerprint density at radius 1 is 1.03 bits per heavy atom. The normalized spacial score (nSPS) is 13.9. The van der Waals surface area contributed by atoms with Crippen LogP contribution in [0.5, 0.6) is 11.5 Å². The Kier molecular flexibility index (Phi) is 7.54. The van der Waals surface area contributed by atoms with Crippen LogP contribution in [0.25, 0.3) is 5.57 Å². The predicted molar refractivity (Wildman–Crippen MR) is 117 cm³/mol. The maximum atomic E-state index is 13.3. The number of para-hydroxylation sites is 1. The molecule has 1 N–H and O–H groups in total. The highest BCUT2D eigenvalue weighted by molar-refractivity contribution is 8.04. The van der Waals surface area contributed by atoms with Crippen LogP contribution in [0.4, 0.5) is 0 Å². The molecule has 0 aliphatic carbocycles. The van der Waals surface area contributed by atoms with E-state index in [1.807, 2.05) is 25.1 Å². The van der Waals surface area contributed by atoms with Crippen LogP contribution >= 0.6 is 11.8 Å². The third kappa shape index (κ3) is 4.68. The van der Waals surface area contributed by atoms with E-state index in [4.69, 9.17) is 9.47 Å². The van der Waals surface area contributed by atoms with Gasteiger partial charge in [0, 0.05) is 11.3 Å². The monoisotopic (exact) mass is 427 g/mol. The van der Waals surface area contributed by atoms with E-state index in [1.165, 1.54) is 16.7 Å². The number of benzene rings is 2. The first-order valence-corrected chi connectivity index (χ1v) is 10.8. The first-order chi connectivity index (χ1) is 14.6. The summed E-state index contributed by atoms with van der Waals surface area (Å²) in [6, 6.07) is 14.5. The second-order valence-corrected chi connectivity index (χ2v) is 7.76. The van der Waals surface area contributed by atoms with Crippen molar-refractivity contribution in [3.8, 4) is 11.5 Å². The summed E-state index contributed by atoms with van der Waals surface area (Å²) in [7, 11) is 1.56. The van der Waals surface area contributed by atoms with Crippen molar-refractivity contribution in [2.24, 2.45) is 0 Å². The minimum absolute atomic E-state index is 0.0841. The third-order valence-electron chi connectivity index (χ3n) is 4.60. The van der Waals surface area contributed by atoms with Gasteiger partial charge in [0.25, 0.3) is 11.8 Å². The molecule has 158 valence electrons. The second kappa shape index (κ2) is 10.3. The van der Waals surface area contributed by atoms with Gasteiger partial charge in [-0.2, -0.15) is 0 Å².